The Morgan fingerprint density at radius 3 is 2.91 bits per heavy atom. The fourth-order valence-electron chi connectivity index (χ4n) is 4.15. The third kappa shape index (κ3) is 4.18. The van der Waals surface area contributed by atoms with E-state index in [-0.39, 0.29) is 18.8 Å². The largest absolute Gasteiger partial charge is 0.461 e. The van der Waals surface area contributed by atoms with Crippen molar-refractivity contribution in [1.82, 2.24) is 14.9 Å². The minimum atomic E-state index is -0.434. The Kier molecular flexibility index (Phi) is 6.15. The van der Waals surface area contributed by atoms with Crippen LogP contribution in [0.1, 0.15) is 53.0 Å². The van der Waals surface area contributed by atoms with Gasteiger partial charge in [0.05, 0.1) is 41.3 Å². The molecule has 8 nitrogen and oxygen atoms in total. The number of nitrogens with one attached hydrogen (secondary N) is 1. The zero-order valence-corrected chi connectivity index (χ0v) is 19.0. The van der Waals surface area contributed by atoms with Gasteiger partial charge in [0, 0.05) is 29.1 Å². The fourth-order valence-corrected chi connectivity index (χ4v) is 4.89. The highest BCUT2D eigenvalue weighted by molar-refractivity contribution is 7.09. The maximum Gasteiger partial charge on any atom is 0.407 e. The van der Waals surface area contributed by atoms with Crippen molar-refractivity contribution in [3.63, 3.8) is 0 Å². The van der Waals surface area contributed by atoms with E-state index in [2.05, 4.69) is 20.9 Å². The highest BCUT2D eigenvalue weighted by atomic mass is 32.1. The minimum absolute atomic E-state index is 0.0985. The number of ether oxygens (including phenoxy) is 2. The molecule has 0 bridgehead atoms. The summed E-state index contributed by atoms with van der Waals surface area (Å²) in [6, 6.07) is 7.72. The minimum Gasteiger partial charge on any atom is -0.461 e. The van der Waals surface area contributed by atoms with Gasteiger partial charge in [-0.3, -0.25) is 0 Å². The topological polar surface area (TPSA) is 106 Å². The number of esters is 1. The van der Waals surface area contributed by atoms with Crippen LogP contribution in [0, 0.1) is 11.3 Å². The van der Waals surface area contributed by atoms with Gasteiger partial charge in [0.15, 0.2) is 5.69 Å². The van der Waals surface area contributed by atoms with E-state index < -0.39 is 12.1 Å². The number of aromatic nitrogens is 2. The Morgan fingerprint density at radius 2 is 2.19 bits per heavy atom. The van der Waals surface area contributed by atoms with Crippen LogP contribution in [0.2, 0.25) is 0 Å². The number of alkyl carbamates (subject to hydrolysis) is 1. The number of fused-ring (bicyclic) bond motifs is 3. The van der Waals surface area contributed by atoms with Crippen molar-refractivity contribution in [3.8, 4) is 6.07 Å². The molecular formula is C23H24N4O4S. The molecule has 0 aliphatic heterocycles. The van der Waals surface area contributed by atoms with Gasteiger partial charge in [0.1, 0.15) is 0 Å². The molecule has 9 heteroatoms. The Morgan fingerprint density at radius 1 is 1.38 bits per heavy atom. The first-order valence-corrected chi connectivity index (χ1v) is 11.4. The van der Waals surface area contributed by atoms with Gasteiger partial charge in [0.25, 0.3) is 0 Å². The van der Waals surface area contributed by atoms with Crippen molar-refractivity contribution in [3.05, 3.63) is 51.1 Å². The maximum absolute atomic E-state index is 12.3. The smallest absolute Gasteiger partial charge is 0.407 e. The lowest BCUT2D eigenvalue weighted by Gasteiger charge is -2.16. The van der Waals surface area contributed by atoms with Crippen LogP contribution in [0.4, 0.5) is 4.79 Å². The first-order valence-electron chi connectivity index (χ1n) is 10.5. The number of rotatable bonds is 6. The van der Waals surface area contributed by atoms with Crippen molar-refractivity contribution in [2.75, 3.05) is 6.61 Å². The number of carbonyl (C=O) groups excluding carboxylic acids is 2. The Balaban J connectivity index is 1.70. The van der Waals surface area contributed by atoms with Crippen molar-refractivity contribution < 1.29 is 19.1 Å². The number of thiazole rings is 1. The van der Waals surface area contributed by atoms with Gasteiger partial charge in [0.2, 0.25) is 0 Å². The van der Waals surface area contributed by atoms with Crippen LogP contribution in [0.15, 0.2) is 23.7 Å². The number of hydrogen-bond donors (Lipinski definition) is 1. The summed E-state index contributed by atoms with van der Waals surface area (Å²) in [5, 5.41) is 13.3. The van der Waals surface area contributed by atoms with Gasteiger partial charge < -0.3 is 19.4 Å². The molecule has 32 heavy (non-hydrogen) atoms. The van der Waals surface area contributed by atoms with Crippen LogP contribution in [0.25, 0.3) is 10.9 Å². The average molecular weight is 453 g/mol. The lowest BCUT2D eigenvalue weighted by atomic mass is 10.1. The molecule has 2 heterocycles. The van der Waals surface area contributed by atoms with Crippen LogP contribution < -0.4 is 5.32 Å². The molecule has 1 amide bonds. The van der Waals surface area contributed by atoms with E-state index in [1.807, 2.05) is 26.0 Å². The SMILES string of the molecule is CCOC(=O)c1ncsc1Cn1c2c(c3cc(C#N)ccc31)CC(NC(=O)OC(C)C)C2. The maximum atomic E-state index is 12.3. The van der Waals surface area contributed by atoms with Gasteiger partial charge in [-0.05, 0) is 51.0 Å². The third-order valence-corrected chi connectivity index (χ3v) is 6.20. The molecule has 1 atom stereocenters. The normalized spacial score (nSPS) is 14.9. The molecule has 1 aliphatic carbocycles. The highest BCUT2D eigenvalue weighted by Crippen LogP contribution is 2.35. The molecule has 1 aliphatic rings. The monoisotopic (exact) mass is 452 g/mol. The van der Waals surface area contributed by atoms with E-state index in [1.54, 1.807) is 18.5 Å². The van der Waals surface area contributed by atoms with E-state index in [9.17, 15) is 14.9 Å². The van der Waals surface area contributed by atoms with E-state index in [0.29, 0.717) is 30.6 Å². The second kappa shape index (κ2) is 9.01. The second-order valence-corrected chi connectivity index (χ2v) is 8.84. The first kappa shape index (κ1) is 21.8. The second-order valence-electron chi connectivity index (χ2n) is 7.90. The molecule has 1 N–H and O–H groups in total. The zero-order valence-electron chi connectivity index (χ0n) is 18.2. The molecule has 4 rings (SSSR count). The average Bonchev–Trinajstić information content (AvgIpc) is 3.43. The highest BCUT2D eigenvalue weighted by Gasteiger charge is 2.31. The summed E-state index contributed by atoms with van der Waals surface area (Å²) in [5.41, 5.74) is 5.73. The molecule has 0 fully saturated rings. The number of amides is 1. The van der Waals surface area contributed by atoms with E-state index >= 15 is 0 Å². The van der Waals surface area contributed by atoms with Crippen LogP contribution in [0.5, 0.6) is 0 Å². The Bertz CT molecular complexity index is 1220. The molecule has 1 unspecified atom stereocenters. The number of nitriles is 1. The van der Waals surface area contributed by atoms with Crippen LogP contribution >= 0.6 is 11.3 Å². The number of carbonyl (C=O) groups is 2. The standard InChI is InChI=1S/C23H24N4O4S/c1-4-30-22(28)21-20(32-12-25-21)11-27-18-6-5-14(10-24)7-16(18)17-8-15(9-19(17)27)26-23(29)31-13(2)3/h5-7,12-13,15H,4,8-9,11H2,1-3H3,(H,26,29). The summed E-state index contributed by atoms with van der Waals surface area (Å²) in [7, 11) is 0. The number of nitrogens with zero attached hydrogens (tertiary/aromatic N) is 3. The Labute approximate surface area is 189 Å². The van der Waals surface area contributed by atoms with E-state index in [4.69, 9.17) is 9.47 Å². The van der Waals surface area contributed by atoms with Crippen molar-refractivity contribution >= 4 is 34.3 Å². The summed E-state index contributed by atoms with van der Waals surface area (Å²) in [6.45, 7) is 6.13. The third-order valence-electron chi connectivity index (χ3n) is 5.38. The molecule has 0 saturated heterocycles. The zero-order chi connectivity index (χ0) is 22.8. The predicted molar refractivity (Wildman–Crippen MR) is 120 cm³/mol. The van der Waals surface area contributed by atoms with Gasteiger partial charge in [-0.2, -0.15) is 5.26 Å². The predicted octanol–water partition coefficient (Wildman–Crippen LogP) is 3.80. The molecule has 0 radical (unpaired) electrons. The summed E-state index contributed by atoms with van der Waals surface area (Å²) >= 11 is 1.41. The van der Waals surface area contributed by atoms with Crippen molar-refractivity contribution in [2.24, 2.45) is 0 Å². The van der Waals surface area contributed by atoms with E-state index in [0.717, 1.165) is 27.0 Å². The van der Waals surface area contributed by atoms with Gasteiger partial charge in [-0.15, -0.1) is 11.3 Å². The van der Waals surface area contributed by atoms with Crippen LogP contribution in [-0.4, -0.2) is 40.4 Å². The van der Waals surface area contributed by atoms with E-state index in [1.165, 1.54) is 11.3 Å². The summed E-state index contributed by atoms with van der Waals surface area (Å²) in [6.07, 6.45) is 0.649. The van der Waals surface area contributed by atoms with Crippen molar-refractivity contribution in [1.29, 1.82) is 5.26 Å². The lowest BCUT2D eigenvalue weighted by Crippen LogP contribution is -2.37. The number of hydrogen-bond acceptors (Lipinski definition) is 7. The molecular weight excluding hydrogens is 428 g/mol. The van der Waals surface area contributed by atoms with Crippen LogP contribution in [-0.2, 0) is 28.9 Å². The van der Waals surface area contributed by atoms with Gasteiger partial charge >= 0.3 is 12.1 Å². The lowest BCUT2D eigenvalue weighted by molar-refractivity contribution is 0.0519. The Hall–Kier alpha value is -3.38. The summed E-state index contributed by atoms with van der Waals surface area (Å²) < 4.78 is 12.5. The quantitative estimate of drug-likeness (QED) is 0.570. The molecule has 1 aromatic carbocycles. The summed E-state index contributed by atoms with van der Waals surface area (Å²) in [4.78, 5) is 29.5. The van der Waals surface area contributed by atoms with Crippen molar-refractivity contribution in [2.45, 2.75) is 52.3 Å². The first-order chi connectivity index (χ1) is 15.4. The molecule has 0 saturated carbocycles. The van der Waals surface area contributed by atoms with Crippen LogP contribution in [0.3, 0.4) is 0 Å². The fraction of sp³-hybridized carbons (Fsp3) is 0.391. The van der Waals surface area contributed by atoms with Gasteiger partial charge in [-0.25, -0.2) is 14.6 Å². The number of benzene rings is 1. The van der Waals surface area contributed by atoms with Gasteiger partial charge in [-0.1, -0.05) is 0 Å². The molecule has 0 spiro atoms. The summed E-state index contributed by atoms with van der Waals surface area (Å²) in [5.74, 6) is -0.431. The molecule has 3 aromatic rings. The molecule has 2 aromatic heterocycles. The molecule has 166 valence electrons.